The molecule has 9 nitrogen and oxygen atoms in total. The molecule has 0 aliphatic rings. The van der Waals surface area contributed by atoms with Crippen LogP contribution in [-0.4, -0.2) is 41.8 Å². The molecule has 0 aliphatic carbocycles. The molecule has 11 heteroatoms. The van der Waals surface area contributed by atoms with E-state index in [9.17, 15) is 23.2 Å². The number of rotatable bonds is 11. The Morgan fingerprint density at radius 3 is 1.95 bits per heavy atom. The summed E-state index contributed by atoms with van der Waals surface area (Å²) in [5.74, 6) is -3.93. The average Bonchev–Trinajstić information content (AvgIpc) is 2.91. The minimum Gasteiger partial charge on any atom is -0.460 e. The number of nitrogen functional groups attached to an aromatic ring is 1. The first kappa shape index (κ1) is 30.0. The van der Waals surface area contributed by atoms with Gasteiger partial charge in [0.1, 0.15) is 23.8 Å². The lowest BCUT2D eigenvalue weighted by molar-refractivity contribution is -0.154. The number of ether oxygens (including phenoxy) is 3. The molecule has 2 atom stereocenters. The van der Waals surface area contributed by atoms with Gasteiger partial charge in [-0.2, -0.15) is 0 Å². The second-order valence-electron chi connectivity index (χ2n) is 9.38. The van der Waals surface area contributed by atoms with Crippen LogP contribution < -0.4 is 15.8 Å². The molecular formula is C29H31F2N3O6. The largest absolute Gasteiger partial charge is 0.460 e. The monoisotopic (exact) mass is 555 g/mol. The molecule has 0 spiro atoms. The summed E-state index contributed by atoms with van der Waals surface area (Å²) in [4.78, 5) is 41.6. The van der Waals surface area contributed by atoms with Crippen molar-refractivity contribution in [1.29, 1.82) is 0 Å². The maximum atomic E-state index is 13.6. The van der Waals surface area contributed by atoms with Crippen molar-refractivity contribution >= 4 is 23.5 Å². The van der Waals surface area contributed by atoms with E-state index in [0.717, 1.165) is 0 Å². The molecule has 2 aromatic carbocycles. The van der Waals surface area contributed by atoms with E-state index in [-0.39, 0.29) is 23.0 Å². The minimum atomic E-state index is -1.12. The highest BCUT2D eigenvalue weighted by Crippen LogP contribution is 2.31. The summed E-state index contributed by atoms with van der Waals surface area (Å²) in [5, 5.41) is 2.50. The van der Waals surface area contributed by atoms with Gasteiger partial charge in [-0.3, -0.25) is 9.59 Å². The van der Waals surface area contributed by atoms with Crippen LogP contribution in [0.2, 0.25) is 0 Å². The molecule has 0 bridgehead atoms. The summed E-state index contributed by atoms with van der Waals surface area (Å²) < 4.78 is 43.2. The molecule has 0 aliphatic heterocycles. The Kier molecular flexibility index (Phi) is 10.1. The number of anilines is 1. The van der Waals surface area contributed by atoms with Gasteiger partial charge in [-0.15, -0.1) is 0 Å². The molecule has 3 aromatic rings. The van der Waals surface area contributed by atoms with E-state index in [1.165, 1.54) is 43.5 Å². The van der Waals surface area contributed by atoms with E-state index in [1.807, 2.05) is 0 Å². The molecule has 1 heterocycles. The van der Waals surface area contributed by atoms with Gasteiger partial charge in [-0.25, -0.2) is 18.6 Å². The Hall–Kier alpha value is -4.54. The molecule has 212 valence electrons. The van der Waals surface area contributed by atoms with E-state index >= 15 is 0 Å². The maximum absolute atomic E-state index is 13.6. The first-order valence-electron chi connectivity index (χ1n) is 12.5. The van der Waals surface area contributed by atoms with Crippen molar-refractivity contribution in [2.75, 3.05) is 12.5 Å². The fourth-order valence-corrected chi connectivity index (χ4v) is 3.84. The van der Waals surface area contributed by atoms with Gasteiger partial charge in [0.15, 0.2) is 11.4 Å². The number of carbonyl (C=O) groups excluding carboxylic acids is 3. The number of amides is 1. The van der Waals surface area contributed by atoms with E-state index in [0.29, 0.717) is 11.1 Å². The molecule has 40 heavy (non-hydrogen) atoms. The number of hydrogen-bond acceptors (Lipinski definition) is 8. The minimum absolute atomic E-state index is 0.0750. The maximum Gasteiger partial charge on any atom is 0.328 e. The number of aromatic nitrogens is 1. The van der Waals surface area contributed by atoms with Crippen LogP contribution in [0, 0.1) is 17.6 Å². The molecular weight excluding hydrogens is 524 g/mol. The molecule has 0 fully saturated rings. The molecule has 1 aromatic heterocycles. The fourth-order valence-electron chi connectivity index (χ4n) is 3.84. The van der Waals surface area contributed by atoms with Crippen LogP contribution in [0.1, 0.15) is 55.2 Å². The van der Waals surface area contributed by atoms with Crippen molar-refractivity contribution in [2.24, 2.45) is 5.92 Å². The van der Waals surface area contributed by atoms with Crippen LogP contribution >= 0.6 is 0 Å². The van der Waals surface area contributed by atoms with E-state index < -0.39 is 54.3 Å². The first-order chi connectivity index (χ1) is 19.0. The van der Waals surface area contributed by atoms with Crippen molar-refractivity contribution in [3.05, 3.63) is 89.2 Å². The summed E-state index contributed by atoms with van der Waals surface area (Å²) in [6.45, 7) is 5.89. The number of nitrogens with zero attached hydrogens (tertiary/aromatic N) is 1. The topological polar surface area (TPSA) is 130 Å². The zero-order chi connectivity index (χ0) is 29.4. The third-order valence-corrected chi connectivity index (χ3v) is 5.96. The molecule has 2 unspecified atom stereocenters. The zero-order valence-electron chi connectivity index (χ0n) is 22.5. The van der Waals surface area contributed by atoms with Gasteiger partial charge in [0.05, 0.1) is 11.6 Å². The predicted molar refractivity (Wildman–Crippen MR) is 142 cm³/mol. The lowest BCUT2D eigenvalue weighted by Gasteiger charge is -2.26. The number of pyridine rings is 1. The van der Waals surface area contributed by atoms with Gasteiger partial charge in [0.2, 0.25) is 6.79 Å². The number of esters is 2. The lowest BCUT2D eigenvalue weighted by Crippen LogP contribution is -2.41. The highest BCUT2D eigenvalue weighted by Gasteiger charge is 2.29. The Morgan fingerprint density at radius 1 is 0.875 bits per heavy atom. The summed E-state index contributed by atoms with van der Waals surface area (Å²) >= 11 is 0. The second kappa shape index (κ2) is 13.5. The number of halogens is 2. The smallest absolute Gasteiger partial charge is 0.328 e. The second-order valence-corrected chi connectivity index (χ2v) is 9.38. The van der Waals surface area contributed by atoms with Crippen molar-refractivity contribution in [2.45, 2.75) is 45.8 Å². The molecule has 0 saturated heterocycles. The van der Waals surface area contributed by atoms with Crippen molar-refractivity contribution < 1.29 is 37.4 Å². The molecule has 3 rings (SSSR count). The van der Waals surface area contributed by atoms with Gasteiger partial charge >= 0.3 is 11.9 Å². The van der Waals surface area contributed by atoms with Crippen LogP contribution in [0.3, 0.4) is 0 Å². The van der Waals surface area contributed by atoms with Crippen molar-refractivity contribution in [3.63, 3.8) is 0 Å². The number of hydrogen-bond donors (Lipinski definition) is 2. The first-order valence-corrected chi connectivity index (χ1v) is 12.5. The van der Waals surface area contributed by atoms with Crippen LogP contribution in [0.25, 0.3) is 0 Å². The molecule has 0 radical (unpaired) electrons. The van der Waals surface area contributed by atoms with Crippen LogP contribution in [-0.2, 0) is 19.1 Å². The Balaban J connectivity index is 1.72. The predicted octanol–water partition coefficient (Wildman–Crippen LogP) is 4.36. The summed E-state index contributed by atoms with van der Waals surface area (Å²) in [5.41, 5.74) is 7.08. The SMILES string of the molecule is CC(C)C(=O)OCOc1c(N)ccnc1C(=O)NC(C)C(=O)OC(C)C(c1ccc(F)cc1)c1ccc(F)cc1. The highest BCUT2D eigenvalue weighted by molar-refractivity contribution is 5.98. The average molecular weight is 556 g/mol. The summed E-state index contributed by atoms with van der Waals surface area (Å²) in [6, 6.07) is 11.7. The van der Waals surface area contributed by atoms with Gasteiger partial charge in [0, 0.05) is 12.1 Å². The van der Waals surface area contributed by atoms with Crippen molar-refractivity contribution in [1.82, 2.24) is 10.3 Å². The highest BCUT2D eigenvalue weighted by atomic mass is 19.1. The third kappa shape index (κ3) is 7.75. The van der Waals surface area contributed by atoms with Gasteiger partial charge in [0.25, 0.3) is 5.91 Å². The molecule has 1 amide bonds. The van der Waals surface area contributed by atoms with Crippen LogP contribution in [0.5, 0.6) is 5.75 Å². The van der Waals surface area contributed by atoms with Gasteiger partial charge in [-0.1, -0.05) is 38.1 Å². The van der Waals surface area contributed by atoms with Crippen LogP contribution in [0.4, 0.5) is 14.5 Å². The standard InChI is InChI=1S/C29H31F2N3O6/c1-16(2)28(36)39-15-38-26-23(32)13-14-33-25(26)27(35)34-17(3)29(37)40-18(4)24(19-5-9-21(30)10-6-19)20-7-11-22(31)12-8-20/h5-14,16-18,24H,15H2,1-4H3,(H2,32,33)(H,34,35). The van der Waals surface area contributed by atoms with E-state index in [1.54, 1.807) is 45.0 Å². The Labute approximate surface area is 230 Å². The quantitative estimate of drug-likeness (QED) is 0.264. The van der Waals surface area contributed by atoms with Crippen molar-refractivity contribution in [3.8, 4) is 5.75 Å². The fraction of sp³-hybridized carbons (Fsp3) is 0.310. The lowest BCUT2D eigenvalue weighted by atomic mass is 9.87. The molecule has 3 N–H and O–H groups in total. The third-order valence-electron chi connectivity index (χ3n) is 5.96. The van der Waals surface area contributed by atoms with E-state index in [4.69, 9.17) is 19.9 Å². The summed E-state index contributed by atoms with van der Waals surface area (Å²) in [7, 11) is 0. The van der Waals surface area contributed by atoms with E-state index in [2.05, 4.69) is 10.3 Å². The summed E-state index contributed by atoms with van der Waals surface area (Å²) in [6.07, 6.45) is 0.515. The Morgan fingerprint density at radius 2 is 1.43 bits per heavy atom. The Bertz CT molecular complexity index is 1290. The van der Waals surface area contributed by atoms with Gasteiger partial charge in [-0.05, 0) is 55.3 Å². The number of benzene rings is 2. The van der Waals surface area contributed by atoms with Gasteiger partial charge < -0.3 is 25.3 Å². The number of nitrogens with two attached hydrogens (primary N) is 1. The van der Waals surface area contributed by atoms with Crippen LogP contribution in [0.15, 0.2) is 60.8 Å². The normalized spacial score (nSPS) is 12.5. The number of nitrogens with one attached hydrogen (secondary N) is 1. The molecule has 0 saturated carbocycles. The zero-order valence-corrected chi connectivity index (χ0v) is 22.5. The number of carbonyl (C=O) groups is 3.